The van der Waals surface area contributed by atoms with Crippen LogP contribution in [-0.4, -0.2) is 49.4 Å². The minimum Gasteiger partial charge on any atom is -0.405 e. The van der Waals surface area contributed by atoms with Crippen LogP contribution in [0.5, 0.6) is 11.5 Å². The normalized spacial score (nSPS) is 14.8. The van der Waals surface area contributed by atoms with Gasteiger partial charge in [0.25, 0.3) is 0 Å². The number of halogens is 4. The van der Waals surface area contributed by atoms with Crippen molar-refractivity contribution in [2.24, 2.45) is 0 Å². The Kier molecular flexibility index (Phi) is 5.98. The smallest absolute Gasteiger partial charge is 0.405 e. The maximum atomic E-state index is 13.9. The molecule has 0 atom stereocenters. The second kappa shape index (κ2) is 9.22. The fourth-order valence-electron chi connectivity index (χ4n) is 5.34. The van der Waals surface area contributed by atoms with Crippen molar-refractivity contribution in [1.82, 2.24) is 14.5 Å². The highest BCUT2D eigenvalue weighted by Gasteiger charge is 2.34. The van der Waals surface area contributed by atoms with Crippen LogP contribution in [0.25, 0.3) is 44.0 Å². The first kappa shape index (κ1) is 26.6. The predicted molar refractivity (Wildman–Crippen MR) is 142 cm³/mol. The Labute approximate surface area is 229 Å². The molecule has 0 aliphatic carbocycles. The minimum absolute atomic E-state index is 0.0208. The SMILES string of the molecule is CN1CC(n2c3cc(-c4cccc(OS(=O)(=O)F)c4)c(OC(F)(F)F)cc3c(=O)c3c4ccc(C#N)cc4[nH]c32)C1. The zero-order chi connectivity index (χ0) is 29.3. The van der Waals surface area contributed by atoms with E-state index >= 15 is 0 Å². The van der Waals surface area contributed by atoms with E-state index in [-0.39, 0.29) is 27.9 Å². The number of H-pyrrole nitrogens is 1. The summed E-state index contributed by atoms with van der Waals surface area (Å²) >= 11 is 0. The topological polar surface area (TPSA) is 117 Å². The van der Waals surface area contributed by atoms with Gasteiger partial charge in [-0.3, -0.25) is 4.79 Å². The molecule has 0 unspecified atom stereocenters. The molecule has 3 aromatic carbocycles. The van der Waals surface area contributed by atoms with E-state index in [1.165, 1.54) is 18.2 Å². The summed E-state index contributed by atoms with van der Waals surface area (Å²) in [6.45, 7) is 1.17. The largest absolute Gasteiger partial charge is 0.573 e. The Morgan fingerprint density at radius 2 is 1.83 bits per heavy atom. The number of alkyl halides is 3. The van der Waals surface area contributed by atoms with Crippen LogP contribution in [0, 0.1) is 11.3 Å². The van der Waals surface area contributed by atoms with E-state index < -0.39 is 33.8 Å². The second-order valence-electron chi connectivity index (χ2n) is 9.71. The Morgan fingerprint density at radius 1 is 1.07 bits per heavy atom. The maximum Gasteiger partial charge on any atom is 0.573 e. The van der Waals surface area contributed by atoms with Gasteiger partial charge in [-0.1, -0.05) is 22.1 Å². The van der Waals surface area contributed by atoms with Crippen molar-refractivity contribution >= 4 is 43.3 Å². The Balaban J connectivity index is 1.70. The van der Waals surface area contributed by atoms with Crippen LogP contribution in [0.15, 0.2) is 59.4 Å². The average molecular weight is 587 g/mol. The first-order valence-electron chi connectivity index (χ1n) is 12.1. The van der Waals surface area contributed by atoms with Gasteiger partial charge in [0.15, 0.2) is 5.43 Å². The fraction of sp³-hybridized carbons (Fsp3) is 0.185. The van der Waals surface area contributed by atoms with Crippen LogP contribution < -0.4 is 14.3 Å². The van der Waals surface area contributed by atoms with E-state index in [0.717, 1.165) is 18.2 Å². The lowest BCUT2D eigenvalue weighted by Crippen LogP contribution is -2.45. The summed E-state index contributed by atoms with van der Waals surface area (Å²) in [5.74, 6) is -1.19. The monoisotopic (exact) mass is 586 g/mol. The molecule has 41 heavy (non-hydrogen) atoms. The highest BCUT2D eigenvalue weighted by Crippen LogP contribution is 2.40. The second-order valence-corrected chi connectivity index (χ2v) is 10.7. The van der Waals surface area contributed by atoms with E-state index in [0.29, 0.717) is 40.7 Å². The number of hydrogen-bond acceptors (Lipinski definition) is 7. The first-order chi connectivity index (χ1) is 19.3. The van der Waals surface area contributed by atoms with Gasteiger partial charge >= 0.3 is 16.9 Å². The molecule has 210 valence electrons. The molecule has 14 heteroatoms. The standard InChI is InChI=1S/C27H18F4N4O5S/c1-34-12-16(13-34)35-22-9-19(15-3-2-4-17(8-15)40-41(31,37)38)23(39-27(28,29)30)10-20(22)25(36)24-18-6-5-14(11-32)7-21(18)33-26(24)35/h2-10,16,33H,12-13H2,1H3. The molecule has 0 amide bonds. The number of nitriles is 1. The van der Waals surface area contributed by atoms with Gasteiger partial charge in [0.1, 0.15) is 17.1 Å². The fourth-order valence-corrected chi connectivity index (χ4v) is 5.68. The summed E-state index contributed by atoms with van der Waals surface area (Å²) in [4.78, 5) is 19.1. The van der Waals surface area contributed by atoms with Crippen LogP contribution in [0.3, 0.4) is 0 Å². The predicted octanol–water partition coefficient (Wildman–Crippen LogP) is 5.15. The molecule has 1 aliphatic rings. The Morgan fingerprint density at radius 3 is 2.49 bits per heavy atom. The van der Waals surface area contributed by atoms with Crippen LogP contribution in [0.2, 0.25) is 0 Å². The number of pyridine rings is 1. The van der Waals surface area contributed by atoms with Crippen LogP contribution in [0.1, 0.15) is 11.6 Å². The molecule has 1 fully saturated rings. The third-order valence-corrected chi connectivity index (χ3v) is 7.35. The van der Waals surface area contributed by atoms with E-state index in [1.54, 1.807) is 18.2 Å². The third-order valence-electron chi connectivity index (χ3n) is 6.95. The van der Waals surface area contributed by atoms with Crippen molar-refractivity contribution in [3.8, 4) is 28.7 Å². The molecule has 3 heterocycles. The molecule has 1 saturated heterocycles. The lowest BCUT2D eigenvalue weighted by molar-refractivity contribution is -0.274. The van der Waals surface area contributed by atoms with Gasteiger partial charge in [0, 0.05) is 29.6 Å². The van der Waals surface area contributed by atoms with Crippen LogP contribution in [0.4, 0.5) is 17.1 Å². The number of likely N-dealkylation sites (N-methyl/N-ethyl adjacent to an activating group) is 1. The number of hydrogen-bond donors (Lipinski definition) is 1. The maximum absolute atomic E-state index is 13.9. The van der Waals surface area contributed by atoms with Crippen LogP contribution in [-0.2, 0) is 10.5 Å². The number of nitrogens with zero attached hydrogens (tertiary/aromatic N) is 3. The lowest BCUT2D eigenvalue weighted by Gasteiger charge is -2.39. The number of ether oxygens (including phenoxy) is 1. The molecule has 9 nitrogen and oxygen atoms in total. The Bertz CT molecular complexity index is 2090. The number of rotatable bonds is 5. The van der Waals surface area contributed by atoms with Crippen molar-refractivity contribution in [2.45, 2.75) is 12.4 Å². The van der Waals surface area contributed by atoms with E-state index in [1.807, 2.05) is 22.6 Å². The summed E-state index contributed by atoms with van der Waals surface area (Å²) in [5, 5.41) is 10.1. The zero-order valence-corrected chi connectivity index (χ0v) is 21.8. The average Bonchev–Trinajstić information content (AvgIpc) is 3.24. The highest BCUT2D eigenvalue weighted by atomic mass is 32.3. The van der Waals surface area contributed by atoms with Crippen molar-refractivity contribution in [1.29, 1.82) is 5.26 Å². The van der Waals surface area contributed by atoms with Gasteiger partial charge in [0.05, 0.1) is 34.0 Å². The quantitative estimate of drug-likeness (QED) is 0.224. The molecular formula is C27H18F4N4O5S. The number of fused-ring (bicyclic) bond motifs is 4. The molecule has 2 aromatic heterocycles. The minimum atomic E-state index is -5.40. The van der Waals surface area contributed by atoms with Crippen LogP contribution >= 0.6 is 0 Å². The van der Waals surface area contributed by atoms with E-state index in [4.69, 9.17) is 0 Å². The Hall–Kier alpha value is -4.61. The molecule has 0 bridgehead atoms. The van der Waals surface area contributed by atoms with Crippen molar-refractivity contribution in [3.63, 3.8) is 0 Å². The third kappa shape index (κ3) is 4.83. The van der Waals surface area contributed by atoms with E-state index in [2.05, 4.69) is 13.9 Å². The van der Waals surface area contributed by atoms with Gasteiger partial charge in [-0.15, -0.1) is 13.2 Å². The lowest BCUT2D eigenvalue weighted by atomic mass is 9.99. The van der Waals surface area contributed by atoms with Gasteiger partial charge in [-0.25, -0.2) is 0 Å². The van der Waals surface area contributed by atoms with Gasteiger partial charge in [-0.2, -0.15) is 13.7 Å². The van der Waals surface area contributed by atoms with Gasteiger partial charge in [0.2, 0.25) is 0 Å². The number of likely N-dealkylation sites (tertiary alicyclic amines) is 1. The van der Waals surface area contributed by atoms with E-state index in [9.17, 15) is 35.5 Å². The summed E-state index contributed by atoms with van der Waals surface area (Å²) < 4.78 is 86.3. The van der Waals surface area contributed by atoms with Crippen molar-refractivity contribution < 1.29 is 34.4 Å². The molecule has 0 saturated carbocycles. The molecule has 0 radical (unpaired) electrons. The summed E-state index contributed by atoms with van der Waals surface area (Å²) in [6, 6.07) is 13.8. The van der Waals surface area contributed by atoms with Crippen molar-refractivity contribution in [2.75, 3.05) is 20.1 Å². The number of nitrogens with one attached hydrogen (secondary N) is 1. The molecule has 0 spiro atoms. The number of benzene rings is 3. The molecule has 5 aromatic rings. The highest BCUT2D eigenvalue weighted by molar-refractivity contribution is 7.81. The molecular weight excluding hydrogens is 568 g/mol. The molecule has 1 aliphatic heterocycles. The van der Waals surface area contributed by atoms with Gasteiger partial charge in [-0.05, 0) is 49.0 Å². The van der Waals surface area contributed by atoms with Crippen molar-refractivity contribution in [3.05, 3.63) is 70.4 Å². The number of aromatic nitrogens is 2. The zero-order valence-electron chi connectivity index (χ0n) is 21.0. The summed E-state index contributed by atoms with van der Waals surface area (Å²) in [5.41, 5.74) is 0.929. The summed E-state index contributed by atoms with van der Waals surface area (Å²) in [7, 11) is -3.51. The van der Waals surface area contributed by atoms with Gasteiger partial charge < -0.3 is 23.4 Å². The molecule has 1 N–H and O–H groups in total. The number of aromatic amines is 1. The first-order valence-corrected chi connectivity index (χ1v) is 13.4. The molecule has 6 rings (SSSR count). The summed E-state index contributed by atoms with van der Waals surface area (Å²) in [6.07, 6.45) is -5.13.